The van der Waals surface area contributed by atoms with Crippen LogP contribution in [-0.4, -0.2) is 71.9 Å². The summed E-state index contributed by atoms with van der Waals surface area (Å²) >= 11 is 0. The van der Waals surface area contributed by atoms with Crippen LogP contribution in [0, 0.1) is 0 Å². The van der Waals surface area contributed by atoms with Crippen molar-refractivity contribution in [2.45, 2.75) is 25.4 Å². The molecule has 5 rings (SSSR count). The number of para-hydroxylation sites is 2. The molecule has 1 N–H and O–H groups in total. The molecular formula is C25H26N4O5. The van der Waals surface area contributed by atoms with Crippen molar-refractivity contribution in [2.24, 2.45) is 0 Å². The maximum Gasteiger partial charge on any atom is 0.258 e. The van der Waals surface area contributed by atoms with Crippen LogP contribution in [0.3, 0.4) is 0 Å². The number of rotatable bonds is 4. The molecule has 2 fully saturated rings. The molecule has 0 radical (unpaired) electrons. The lowest BCUT2D eigenvalue weighted by atomic mass is 9.98. The van der Waals surface area contributed by atoms with E-state index in [4.69, 9.17) is 4.74 Å². The third-order valence-corrected chi connectivity index (χ3v) is 6.78. The molecule has 0 aliphatic carbocycles. The first-order valence-electron chi connectivity index (χ1n) is 11.4. The summed E-state index contributed by atoms with van der Waals surface area (Å²) in [6.45, 7) is 3.51. The van der Waals surface area contributed by atoms with Gasteiger partial charge in [-0.15, -0.1) is 0 Å². The van der Waals surface area contributed by atoms with Gasteiger partial charge in [0.1, 0.15) is 12.2 Å². The summed E-state index contributed by atoms with van der Waals surface area (Å²) in [5, 5.41) is 2.82. The quantitative estimate of drug-likeness (QED) is 0.750. The summed E-state index contributed by atoms with van der Waals surface area (Å²) < 4.78 is 5.32. The fourth-order valence-electron chi connectivity index (χ4n) is 4.99. The van der Waals surface area contributed by atoms with Crippen LogP contribution in [0.4, 0.5) is 11.4 Å². The Balaban J connectivity index is 1.39. The number of carbonyl (C=O) groups excluding carboxylic acids is 4. The minimum atomic E-state index is -0.928. The topological polar surface area (TPSA) is 99.3 Å². The first kappa shape index (κ1) is 22.1. The van der Waals surface area contributed by atoms with E-state index in [1.807, 2.05) is 6.92 Å². The molecule has 3 aliphatic heterocycles. The third-order valence-electron chi connectivity index (χ3n) is 6.78. The summed E-state index contributed by atoms with van der Waals surface area (Å²) in [5.74, 6) is -0.983. The zero-order valence-electron chi connectivity index (χ0n) is 19.0. The van der Waals surface area contributed by atoms with E-state index >= 15 is 0 Å². The molecule has 9 nitrogen and oxygen atoms in total. The number of amides is 4. The molecule has 1 unspecified atom stereocenters. The van der Waals surface area contributed by atoms with E-state index in [0.29, 0.717) is 61.6 Å². The molecule has 176 valence electrons. The molecule has 4 amide bonds. The van der Waals surface area contributed by atoms with Gasteiger partial charge >= 0.3 is 0 Å². The summed E-state index contributed by atoms with van der Waals surface area (Å²) in [6.07, 6.45) is 0.735. The van der Waals surface area contributed by atoms with Crippen LogP contribution in [-0.2, 0) is 14.3 Å². The Morgan fingerprint density at radius 3 is 2.53 bits per heavy atom. The summed E-state index contributed by atoms with van der Waals surface area (Å²) in [7, 11) is 0. The van der Waals surface area contributed by atoms with Crippen molar-refractivity contribution in [3.05, 3.63) is 59.7 Å². The van der Waals surface area contributed by atoms with E-state index < -0.39 is 11.6 Å². The van der Waals surface area contributed by atoms with E-state index in [0.717, 1.165) is 0 Å². The number of nitrogens with zero attached hydrogens (tertiary/aromatic N) is 3. The highest BCUT2D eigenvalue weighted by molar-refractivity contribution is 6.12. The molecule has 3 aliphatic rings. The monoisotopic (exact) mass is 462 g/mol. The molecule has 0 aromatic heterocycles. The van der Waals surface area contributed by atoms with Crippen LogP contribution in [0.1, 0.15) is 40.5 Å². The summed E-state index contributed by atoms with van der Waals surface area (Å²) in [4.78, 5) is 57.1. The maximum atomic E-state index is 13.4. The van der Waals surface area contributed by atoms with Crippen molar-refractivity contribution in [1.82, 2.24) is 9.80 Å². The smallest absolute Gasteiger partial charge is 0.258 e. The first-order chi connectivity index (χ1) is 16.4. The number of morpholine rings is 1. The number of carbonyl (C=O) groups is 4. The number of benzene rings is 2. The molecule has 1 atom stereocenters. The van der Waals surface area contributed by atoms with Gasteiger partial charge < -0.3 is 19.9 Å². The van der Waals surface area contributed by atoms with E-state index in [1.165, 1.54) is 4.90 Å². The molecule has 0 spiro atoms. The van der Waals surface area contributed by atoms with Crippen LogP contribution in [0.5, 0.6) is 0 Å². The van der Waals surface area contributed by atoms with Gasteiger partial charge in [-0.25, -0.2) is 0 Å². The van der Waals surface area contributed by atoms with Crippen molar-refractivity contribution >= 4 is 35.0 Å². The molecule has 34 heavy (non-hydrogen) atoms. The zero-order chi connectivity index (χ0) is 23.9. The maximum absolute atomic E-state index is 13.4. The number of anilines is 2. The van der Waals surface area contributed by atoms with Gasteiger partial charge in [0.05, 0.1) is 35.7 Å². The molecule has 0 saturated carbocycles. The minimum Gasteiger partial charge on any atom is -0.378 e. The van der Waals surface area contributed by atoms with Gasteiger partial charge in [0, 0.05) is 19.5 Å². The van der Waals surface area contributed by atoms with E-state index in [9.17, 15) is 19.2 Å². The van der Waals surface area contributed by atoms with Gasteiger partial charge in [-0.3, -0.25) is 24.1 Å². The fraction of sp³-hybridized carbons (Fsp3) is 0.360. The SMILES string of the molecule is CC12CCC(=O)N1c1ccccc1C(=O)N2CC(=O)Nc1ccccc1C(=O)N1CCOCC1. The Kier molecular flexibility index (Phi) is 5.57. The second kappa shape index (κ2) is 8.57. The lowest BCUT2D eigenvalue weighted by molar-refractivity contribution is -0.120. The normalized spacial score (nSPS) is 21.9. The molecular weight excluding hydrogens is 436 g/mol. The lowest BCUT2D eigenvalue weighted by Gasteiger charge is -2.48. The Hall–Kier alpha value is -3.72. The van der Waals surface area contributed by atoms with Crippen LogP contribution < -0.4 is 10.2 Å². The first-order valence-corrected chi connectivity index (χ1v) is 11.4. The van der Waals surface area contributed by atoms with Crippen LogP contribution in [0.25, 0.3) is 0 Å². The molecule has 2 aromatic carbocycles. The number of fused-ring (bicyclic) bond motifs is 3. The van der Waals surface area contributed by atoms with Crippen molar-refractivity contribution < 1.29 is 23.9 Å². The standard InChI is InChI=1S/C25H26N4O5/c1-25-11-10-22(31)29(25)20-9-5-3-7-18(20)24(33)28(25)16-21(30)26-19-8-4-2-6-17(19)23(32)27-12-14-34-15-13-27/h2-9H,10-16H2,1H3,(H,26,30). The van der Waals surface area contributed by atoms with Gasteiger partial charge in [-0.05, 0) is 37.6 Å². The number of ether oxygens (including phenoxy) is 1. The van der Waals surface area contributed by atoms with Gasteiger partial charge in [0.2, 0.25) is 11.8 Å². The highest BCUT2D eigenvalue weighted by Crippen LogP contribution is 2.43. The predicted octanol–water partition coefficient (Wildman–Crippen LogP) is 2.10. The van der Waals surface area contributed by atoms with Gasteiger partial charge in [0.25, 0.3) is 11.8 Å². The largest absolute Gasteiger partial charge is 0.378 e. The van der Waals surface area contributed by atoms with Crippen molar-refractivity contribution in [3.8, 4) is 0 Å². The predicted molar refractivity (Wildman–Crippen MR) is 124 cm³/mol. The Labute approximate surface area is 197 Å². The van der Waals surface area contributed by atoms with E-state index in [2.05, 4.69) is 5.32 Å². The molecule has 2 saturated heterocycles. The molecule has 3 heterocycles. The van der Waals surface area contributed by atoms with E-state index in [1.54, 1.807) is 58.3 Å². The van der Waals surface area contributed by atoms with Gasteiger partial charge in [0.15, 0.2) is 0 Å². The second-order valence-electron chi connectivity index (χ2n) is 8.85. The van der Waals surface area contributed by atoms with Crippen molar-refractivity contribution in [1.29, 1.82) is 0 Å². The number of hydrogen-bond acceptors (Lipinski definition) is 5. The summed E-state index contributed by atoms with van der Waals surface area (Å²) in [5.41, 5.74) is 0.819. The Bertz CT molecular complexity index is 1180. The minimum absolute atomic E-state index is 0.0747. The fourth-order valence-corrected chi connectivity index (χ4v) is 4.99. The molecule has 9 heteroatoms. The van der Waals surface area contributed by atoms with E-state index in [-0.39, 0.29) is 24.3 Å². The highest BCUT2D eigenvalue weighted by atomic mass is 16.5. The molecule has 0 bridgehead atoms. The highest BCUT2D eigenvalue weighted by Gasteiger charge is 2.53. The van der Waals surface area contributed by atoms with Crippen LogP contribution >= 0.6 is 0 Å². The second-order valence-corrected chi connectivity index (χ2v) is 8.85. The Morgan fingerprint density at radius 1 is 1.03 bits per heavy atom. The van der Waals surface area contributed by atoms with Gasteiger partial charge in [-0.1, -0.05) is 24.3 Å². The Morgan fingerprint density at radius 2 is 1.74 bits per heavy atom. The van der Waals surface area contributed by atoms with Crippen LogP contribution in [0.15, 0.2) is 48.5 Å². The number of nitrogens with one attached hydrogen (secondary N) is 1. The van der Waals surface area contributed by atoms with Crippen LogP contribution in [0.2, 0.25) is 0 Å². The molecule has 2 aromatic rings. The van der Waals surface area contributed by atoms with Crippen molar-refractivity contribution in [3.63, 3.8) is 0 Å². The average Bonchev–Trinajstić information content (AvgIpc) is 3.17. The van der Waals surface area contributed by atoms with Gasteiger partial charge in [-0.2, -0.15) is 0 Å². The summed E-state index contributed by atoms with van der Waals surface area (Å²) in [6, 6.07) is 13.8. The van der Waals surface area contributed by atoms with Crippen molar-refractivity contribution in [2.75, 3.05) is 43.1 Å². The third kappa shape index (κ3) is 3.62. The average molecular weight is 463 g/mol. The zero-order valence-corrected chi connectivity index (χ0v) is 19.0. The number of hydrogen-bond donors (Lipinski definition) is 1. The lowest BCUT2D eigenvalue weighted by Crippen LogP contribution is -2.63.